The van der Waals surface area contributed by atoms with Gasteiger partial charge < -0.3 is 9.47 Å². The van der Waals surface area contributed by atoms with Gasteiger partial charge >= 0.3 is 0 Å². The van der Waals surface area contributed by atoms with Crippen LogP contribution >= 0.6 is 0 Å². The number of aromatic nitrogens is 2. The Hall–Kier alpha value is -0.830. The largest absolute Gasteiger partial charge is 0.334 e. The van der Waals surface area contributed by atoms with Gasteiger partial charge in [0, 0.05) is 37.6 Å². The molecule has 0 amide bonds. The normalized spacial score (nSPS) is 26.2. The minimum Gasteiger partial charge on any atom is -0.334 e. The predicted molar refractivity (Wildman–Crippen MR) is 66.4 cm³/mol. The summed E-state index contributed by atoms with van der Waals surface area (Å²) in [5.41, 5.74) is 0.323. The van der Waals surface area contributed by atoms with Crippen LogP contribution in [0, 0.1) is 5.41 Å². The van der Waals surface area contributed by atoms with Crippen molar-refractivity contribution in [1.29, 1.82) is 0 Å². The topological polar surface area (TPSA) is 21.1 Å². The molecule has 0 spiro atoms. The molecule has 2 rings (SSSR count). The molecular weight excluding hydrogens is 198 g/mol. The second kappa shape index (κ2) is 4.21. The van der Waals surface area contributed by atoms with Crippen LogP contribution in [0.4, 0.5) is 0 Å². The number of rotatable bonds is 2. The van der Waals surface area contributed by atoms with Crippen LogP contribution in [0.25, 0.3) is 0 Å². The Balaban J connectivity index is 2.13. The van der Waals surface area contributed by atoms with Gasteiger partial charge in [-0.15, -0.1) is 0 Å². The average molecular weight is 221 g/mol. The lowest BCUT2D eigenvalue weighted by atomic mass is 9.78. The van der Waals surface area contributed by atoms with E-state index < -0.39 is 0 Å². The number of likely N-dealkylation sites (tertiary alicyclic amines) is 1. The molecular formula is C13H23N3. The van der Waals surface area contributed by atoms with Crippen LogP contribution in [-0.2, 0) is 0 Å². The summed E-state index contributed by atoms with van der Waals surface area (Å²) in [4.78, 5) is 6.74. The summed E-state index contributed by atoms with van der Waals surface area (Å²) in [7, 11) is 0. The fourth-order valence-electron chi connectivity index (χ4n) is 2.83. The standard InChI is InChI=1S/C13H23N3/c1-11(2)15-7-5-12(13(3,4)9-15)16-8-6-14-10-16/h6,8,10-12H,5,7,9H2,1-4H3. The van der Waals surface area contributed by atoms with E-state index in [0.29, 0.717) is 17.5 Å². The molecule has 1 aromatic rings. The first kappa shape index (κ1) is 11.6. The van der Waals surface area contributed by atoms with E-state index in [1.165, 1.54) is 19.5 Å². The van der Waals surface area contributed by atoms with Gasteiger partial charge in [0.15, 0.2) is 0 Å². The molecule has 0 aromatic carbocycles. The number of nitrogens with zero attached hydrogens (tertiary/aromatic N) is 3. The molecule has 0 radical (unpaired) electrons. The maximum Gasteiger partial charge on any atom is 0.0948 e. The average Bonchev–Trinajstić information content (AvgIpc) is 2.68. The van der Waals surface area contributed by atoms with E-state index in [2.05, 4.69) is 48.3 Å². The summed E-state index contributed by atoms with van der Waals surface area (Å²) in [6, 6.07) is 1.24. The Bertz CT molecular complexity index is 327. The van der Waals surface area contributed by atoms with Crippen molar-refractivity contribution < 1.29 is 0 Å². The highest BCUT2D eigenvalue weighted by molar-refractivity contribution is 4.94. The van der Waals surface area contributed by atoms with Crippen molar-refractivity contribution in [3.8, 4) is 0 Å². The Kier molecular flexibility index (Phi) is 3.06. The SMILES string of the molecule is CC(C)N1CCC(n2ccnc2)C(C)(C)C1. The Morgan fingerprint density at radius 2 is 2.12 bits per heavy atom. The van der Waals surface area contributed by atoms with Crippen LogP contribution in [0.1, 0.15) is 40.2 Å². The molecule has 3 heteroatoms. The Labute approximate surface area is 98.5 Å². The van der Waals surface area contributed by atoms with Crippen LogP contribution in [0.5, 0.6) is 0 Å². The van der Waals surface area contributed by atoms with Gasteiger partial charge in [-0.05, 0) is 25.7 Å². The maximum atomic E-state index is 4.17. The molecule has 0 bridgehead atoms. The van der Waals surface area contributed by atoms with Crippen LogP contribution in [0.15, 0.2) is 18.7 Å². The van der Waals surface area contributed by atoms with E-state index in [9.17, 15) is 0 Å². The van der Waals surface area contributed by atoms with Gasteiger partial charge in [-0.25, -0.2) is 4.98 Å². The predicted octanol–water partition coefficient (Wildman–Crippen LogP) is 2.56. The van der Waals surface area contributed by atoms with Crippen LogP contribution in [0.3, 0.4) is 0 Å². The molecule has 16 heavy (non-hydrogen) atoms. The molecule has 1 aliphatic rings. The van der Waals surface area contributed by atoms with Gasteiger partial charge in [0.25, 0.3) is 0 Å². The fourth-order valence-corrected chi connectivity index (χ4v) is 2.83. The summed E-state index contributed by atoms with van der Waals surface area (Å²) in [6.45, 7) is 11.7. The molecule has 0 aliphatic carbocycles. The van der Waals surface area contributed by atoms with Gasteiger partial charge in [-0.3, -0.25) is 0 Å². The first-order valence-corrected chi connectivity index (χ1v) is 6.22. The van der Waals surface area contributed by atoms with E-state index in [1.807, 2.05) is 12.5 Å². The minimum absolute atomic E-state index is 0.323. The highest BCUT2D eigenvalue weighted by atomic mass is 15.2. The zero-order valence-electron chi connectivity index (χ0n) is 10.8. The number of piperidine rings is 1. The van der Waals surface area contributed by atoms with Crippen molar-refractivity contribution in [3.63, 3.8) is 0 Å². The summed E-state index contributed by atoms with van der Waals surface area (Å²) in [5.74, 6) is 0. The highest BCUT2D eigenvalue weighted by Gasteiger charge is 2.37. The highest BCUT2D eigenvalue weighted by Crippen LogP contribution is 2.38. The molecule has 0 saturated carbocycles. The van der Waals surface area contributed by atoms with E-state index in [4.69, 9.17) is 0 Å². The Morgan fingerprint density at radius 3 is 2.62 bits per heavy atom. The van der Waals surface area contributed by atoms with E-state index in [0.717, 1.165) is 0 Å². The van der Waals surface area contributed by atoms with E-state index >= 15 is 0 Å². The quantitative estimate of drug-likeness (QED) is 0.765. The van der Waals surface area contributed by atoms with Gasteiger partial charge in [0.2, 0.25) is 0 Å². The third-order valence-electron chi connectivity index (χ3n) is 3.82. The van der Waals surface area contributed by atoms with Crippen molar-refractivity contribution >= 4 is 0 Å². The molecule has 1 saturated heterocycles. The zero-order valence-corrected chi connectivity index (χ0v) is 10.8. The lowest BCUT2D eigenvalue weighted by Crippen LogP contribution is -2.48. The molecule has 1 atom stereocenters. The zero-order chi connectivity index (χ0) is 11.8. The summed E-state index contributed by atoms with van der Waals surface area (Å²) >= 11 is 0. The number of hydrogen-bond donors (Lipinski definition) is 0. The number of hydrogen-bond acceptors (Lipinski definition) is 2. The summed E-state index contributed by atoms with van der Waals surface area (Å²) in [5, 5.41) is 0. The summed E-state index contributed by atoms with van der Waals surface area (Å²) < 4.78 is 2.28. The van der Waals surface area contributed by atoms with Crippen LogP contribution < -0.4 is 0 Å². The maximum absolute atomic E-state index is 4.17. The van der Waals surface area contributed by atoms with E-state index in [1.54, 1.807) is 0 Å². The first-order valence-electron chi connectivity index (χ1n) is 6.22. The smallest absolute Gasteiger partial charge is 0.0948 e. The van der Waals surface area contributed by atoms with Gasteiger partial charge in [0.05, 0.1) is 6.33 Å². The molecule has 1 fully saturated rings. The number of imidazole rings is 1. The van der Waals surface area contributed by atoms with Crippen LogP contribution in [0.2, 0.25) is 0 Å². The third-order valence-corrected chi connectivity index (χ3v) is 3.82. The van der Waals surface area contributed by atoms with Crippen molar-refractivity contribution in [2.75, 3.05) is 13.1 Å². The Morgan fingerprint density at radius 1 is 1.38 bits per heavy atom. The van der Waals surface area contributed by atoms with Gasteiger partial charge in [-0.1, -0.05) is 13.8 Å². The second-order valence-electron chi connectivity index (χ2n) is 5.87. The van der Waals surface area contributed by atoms with Crippen molar-refractivity contribution in [1.82, 2.24) is 14.5 Å². The molecule has 1 unspecified atom stereocenters. The molecule has 0 N–H and O–H groups in total. The molecule has 3 nitrogen and oxygen atoms in total. The first-order chi connectivity index (χ1) is 7.50. The van der Waals surface area contributed by atoms with Gasteiger partial charge in [-0.2, -0.15) is 0 Å². The molecule has 2 heterocycles. The molecule has 90 valence electrons. The fraction of sp³-hybridized carbons (Fsp3) is 0.769. The van der Waals surface area contributed by atoms with Crippen LogP contribution in [-0.4, -0.2) is 33.6 Å². The van der Waals surface area contributed by atoms with E-state index in [-0.39, 0.29) is 0 Å². The molecule has 1 aromatic heterocycles. The van der Waals surface area contributed by atoms with Gasteiger partial charge in [0.1, 0.15) is 0 Å². The second-order valence-corrected chi connectivity index (χ2v) is 5.87. The lowest BCUT2D eigenvalue weighted by Gasteiger charge is -2.46. The summed E-state index contributed by atoms with van der Waals surface area (Å²) in [6.07, 6.45) is 7.15. The minimum atomic E-state index is 0.323. The van der Waals surface area contributed by atoms with Crippen molar-refractivity contribution in [3.05, 3.63) is 18.7 Å². The monoisotopic (exact) mass is 221 g/mol. The lowest BCUT2D eigenvalue weighted by molar-refractivity contribution is 0.0426. The third kappa shape index (κ3) is 2.14. The van der Waals surface area contributed by atoms with Crippen molar-refractivity contribution in [2.24, 2.45) is 5.41 Å². The molecule has 1 aliphatic heterocycles. The van der Waals surface area contributed by atoms with Crippen molar-refractivity contribution in [2.45, 2.75) is 46.2 Å².